The van der Waals surface area contributed by atoms with Gasteiger partial charge in [0.05, 0.1) is 11.1 Å². The molecule has 1 N–H and O–H groups in total. The third-order valence-electron chi connectivity index (χ3n) is 10.0. The van der Waals surface area contributed by atoms with E-state index in [0.717, 1.165) is 17.7 Å². The average Bonchev–Trinajstić information content (AvgIpc) is 3.06. The molecular formula is C37H40BrF6N3O3. The van der Waals surface area contributed by atoms with E-state index in [1.54, 1.807) is 17.0 Å². The topological polar surface area (TPSA) is 73.7 Å². The summed E-state index contributed by atoms with van der Waals surface area (Å²) < 4.78 is 83.7. The second kappa shape index (κ2) is 15.7. The summed E-state index contributed by atoms with van der Waals surface area (Å²) >= 11 is 3.36. The number of rotatable bonds is 10. The fourth-order valence-corrected chi connectivity index (χ4v) is 7.84. The smallest absolute Gasteiger partial charge is 0.416 e. The van der Waals surface area contributed by atoms with E-state index in [9.17, 15) is 41.0 Å². The van der Waals surface area contributed by atoms with Crippen LogP contribution in [0.2, 0.25) is 0 Å². The van der Waals surface area contributed by atoms with Gasteiger partial charge < -0.3 is 14.9 Å². The Morgan fingerprint density at radius 3 is 2.04 bits per heavy atom. The summed E-state index contributed by atoms with van der Waals surface area (Å²) in [4.78, 5) is 33.9. The molecule has 2 aromatic carbocycles. The van der Waals surface area contributed by atoms with Gasteiger partial charge in [-0.15, -0.1) is 0 Å². The van der Waals surface area contributed by atoms with Gasteiger partial charge in [-0.3, -0.25) is 9.59 Å². The molecule has 0 bridgehead atoms. The number of hydrogen-bond donors (Lipinski definition) is 1. The van der Waals surface area contributed by atoms with E-state index in [2.05, 4.69) is 20.9 Å². The van der Waals surface area contributed by atoms with Crippen molar-refractivity contribution in [2.45, 2.75) is 102 Å². The highest BCUT2D eigenvalue weighted by Crippen LogP contribution is 2.40. The number of carbonyl (C=O) groups is 2. The molecule has 1 aliphatic carbocycles. The van der Waals surface area contributed by atoms with Crippen LogP contribution in [0, 0.1) is 11.8 Å². The molecule has 1 amide bonds. The molecule has 3 aromatic rings. The Hall–Kier alpha value is -3.61. The Morgan fingerprint density at radius 1 is 0.880 bits per heavy atom. The first-order valence-electron chi connectivity index (χ1n) is 16.9. The summed E-state index contributed by atoms with van der Waals surface area (Å²) in [7, 11) is 0. The molecule has 1 saturated carbocycles. The Kier molecular flexibility index (Phi) is 11.8. The van der Waals surface area contributed by atoms with E-state index in [0.29, 0.717) is 61.7 Å². The van der Waals surface area contributed by atoms with E-state index in [1.165, 1.54) is 6.20 Å². The lowest BCUT2D eigenvalue weighted by molar-refractivity contribution is -0.145. The molecule has 1 saturated heterocycles. The molecular weight excluding hydrogens is 728 g/mol. The van der Waals surface area contributed by atoms with Gasteiger partial charge in [-0.2, -0.15) is 26.3 Å². The van der Waals surface area contributed by atoms with Crippen molar-refractivity contribution in [2.24, 2.45) is 11.8 Å². The van der Waals surface area contributed by atoms with Crippen LogP contribution < -0.4 is 4.90 Å². The van der Waals surface area contributed by atoms with Crippen molar-refractivity contribution in [1.29, 1.82) is 0 Å². The van der Waals surface area contributed by atoms with E-state index >= 15 is 0 Å². The maximum Gasteiger partial charge on any atom is 0.416 e. The summed E-state index contributed by atoms with van der Waals surface area (Å²) in [5.41, 5.74) is -1.91. The van der Waals surface area contributed by atoms with E-state index in [4.69, 9.17) is 0 Å². The number of benzene rings is 2. The largest absolute Gasteiger partial charge is 0.481 e. The number of alkyl halides is 6. The number of halogens is 7. The number of nitrogens with zero attached hydrogens (tertiary/aromatic N) is 3. The zero-order valence-electron chi connectivity index (χ0n) is 27.6. The third kappa shape index (κ3) is 9.38. The van der Waals surface area contributed by atoms with Gasteiger partial charge in [0.25, 0.3) is 0 Å². The minimum Gasteiger partial charge on any atom is -0.481 e. The average molecular weight is 769 g/mol. The van der Waals surface area contributed by atoms with Crippen molar-refractivity contribution >= 4 is 33.6 Å². The molecule has 13 heteroatoms. The Labute approximate surface area is 296 Å². The number of amides is 1. The number of aromatic nitrogens is 1. The molecule has 2 heterocycles. The highest BCUT2D eigenvalue weighted by molar-refractivity contribution is 9.10. The van der Waals surface area contributed by atoms with Crippen LogP contribution in [0.15, 0.2) is 71.3 Å². The van der Waals surface area contributed by atoms with E-state index < -0.39 is 29.4 Å². The lowest BCUT2D eigenvalue weighted by Crippen LogP contribution is -2.59. The predicted molar refractivity (Wildman–Crippen MR) is 180 cm³/mol. The molecule has 1 unspecified atom stereocenters. The minimum absolute atomic E-state index is 0.0195. The van der Waals surface area contributed by atoms with E-state index in [-0.39, 0.29) is 60.5 Å². The molecule has 2 fully saturated rings. The maximum atomic E-state index is 14.4. The van der Waals surface area contributed by atoms with Crippen molar-refractivity contribution < 1.29 is 41.0 Å². The number of aliphatic carboxylic acids is 1. The Morgan fingerprint density at radius 2 is 1.50 bits per heavy atom. The fraction of sp³-hybridized carbons (Fsp3) is 0.486. The Balaban J connectivity index is 1.51. The lowest BCUT2D eigenvalue weighted by atomic mass is 9.78. The fourth-order valence-electron chi connectivity index (χ4n) is 7.61. The first kappa shape index (κ1) is 37.6. The van der Waals surface area contributed by atoms with Gasteiger partial charge in [-0.25, -0.2) is 4.98 Å². The molecule has 6 nitrogen and oxygen atoms in total. The molecule has 1 aromatic heterocycles. The molecule has 3 atom stereocenters. The molecule has 0 spiro atoms. The molecule has 1 aliphatic heterocycles. The number of carboxylic acids is 1. The monoisotopic (exact) mass is 767 g/mol. The predicted octanol–water partition coefficient (Wildman–Crippen LogP) is 9.55. The van der Waals surface area contributed by atoms with Gasteiger partial charge in [0, 0.05) is 47.7 Å². The normalized spacial score (nSPS) is 23.0. The quantitative estimate of drug-likeness (QED) is 0.208. The summed E-state index contributed by atoms with van der Waals surface area (Å²) in [6.45, 7) is 1.71. The first-order chi connectivity index (χ1) is 23.6. The van der Waals surface area contributed by atoms with Crippen LogP contribution >= 0.6 is 15.9 Å². The van der Waals surface area contributed by atoms with Crippen LogP contribution in [-0.4, -0.2) is 45.0 Å². The first-order valence-corrected chi connectivity index (χ1v) is 17.7. The zero-order valence-corrected chi connectivity index (χ0v) is 29.1. The van der Waals surface area contributed by atoms with Gasteiger partial charge in [0.1, 0.15) is 5.82 Å². The number of anilines is 1. The SMILES string of the molecule is CCC1C[C@@H](N(Cc2cc(C(F)(F)F)cc(C(F)(F)F)c2)c2ccc(Br)cn2)C[C@@H](Cc2ccccc2)N1C(=O)C1CCC(CC(=O)O)CC1. The van der Waals surface area contributed by atoms with Crippen molar-refractivity contribution in [3.05, 3.63) is 93.6 Å². The van der Waals surface area contributed by atoms with Crippen molar-refractivity contribution in [3.8, 4) is 0 Å². The molecule has 0 radical (unpaired) electrons. The number of likely N-dealkylation sites (tertiary alicyclic amines) is 1. The minimum atomic E-state index is -4.98. The number of pyridine rings is 1. The van der Waals surface area contributed by atoms with Crippen LogP contribution in [0.4, 0.5) is 32.2 Å². The maximum absolute atomic E-state index is 14.4. The lowest BCUT2D eigenvalue weighted by Gasteiger charge is -2.50. The summed E-state index contributed by atoms with van der Waals surface area (Å²) in [6.07, 6.45) is -3.91. The van der Waals surface area contributed by atoms with E-state index in [1.807, 2.05) is 42.2 Å². The number of hydrogen-bond acceptors (Lipinski definition) is 4. The van der Waals surface area contributed by atoms with Crippen LogP contribution in [0.25, 0.3) is 0 Å². The molecule has 270 valence electrons. The second-order valence-electron chi connectivity index (χ2n) is 13.5. The van der Waals surface area contributed by atoms with Gasteiger partial charge >= 0.3 is 18.3 Å². The van der Waals surface area contributed by atoms with Crippen molar-refractivity contribution in [2.75, 3.05) is 4.90 Å². The number of carbonyl (C=O) groups excluding carboxylic acids is 1. The molecule has 50 heavy (non-hydrogen) atoms. The highest BCUT2D eigenvalue weighted by Gasteiger charge is 2.43. The summed E-state index contributed by atoms with van der Waals surface area (Å²) in [5.74, 6) is -0.649. The highest BCUT2D eigenvalue weighted by atomic mass is 79.9. The molecule has 5 rings (SSSR count). The van der Waals surface area contributed by atoms with Gasteiger partial charge in [0.2, 0.25) is 5.91 Å². The van der Waals surface area contributed by atoms with Gasteiger partial charge in [-0.1, -0.05) is 37.3 Å². The third-order valence-corrected chi connectivity index (χ3v) is 10.5. The van der Waals surface area contributed by atoms with Crippen LogP contribution in [0.3, 0.4) is 0 Å². The second-order valence-corrected chi connectivity index (χ2v) is 14.4. The standard InChI is InChI=1S/C37H40BrF6N3O3/c1-2-30-19-31(20-32(16-23-6-4-3-5-7-23)47(30)35(50)26-10-8-24(9-11-26)17-34(48)49)46(33-13-12-29(38)21-45-33)22-25-14-27(36(39,40)41)18-28(15-25)37(42,43)44/h3-7,12-15,18,21,24,26,30-32H,2,8-11,16-17,19-20,22H2,1H3,(H,48,49)/t24?,26?,30?,31-,32-/m1/s1. The summed E-state index contributed by atoms with van der Waals surface area (Å²) in [6, 6.07) is 13.8. The summed E-state index contributed by atoms with van der Waals surface area (Å²) in [5, 5.41) is 9.26. The van der Waals surface area contributed by atoms with Crippen LogP contribution in [0.5, 0.6) is 0 Å². The van der Waals surface area contributed by atoms with Crippen molar-refractivity contribution in [1.82, 2.24) is 9.88 Å². The number of carboxylic acid groups (broad SMARTS) is 1. The van der Waals surface area contributed by atoms with Crippen LogP contribution in [-0.2, 0) is 34.9 Å². The van der Waals surface area contributed by atoms with Gasteiger partial charge in [-0.05, 0) is 115 Å². The molecule has 2 aliphatic rings. The van der Waals surface area contributed by atoms with Gasteiger partial charge in [0.15, 0.2) is 0 Å². The number of piperidine rings is 1. The van der Waals surface area contributed by atoms with Crippen LogP contribution in [0.1, 0.15) is 80.5 Å². The zero-order chi connectivity index (χ0) is 36.2. The van der Waals surface area contributed by atoms with Crippen molar-refractivity contribution in [3.63, 3.8) is 0 Å². The Bertz CT molecular complexity index is 1580.